The van der Waals surface area contributed by atoms with Gasteiger partial charge in [0.2, 0.25) is 5.91 Å². The number of rotatable bonds is 7. The Kier molecular flexibility index (Phi) is 6.74. The van der Waals surface area contributed by atoms with Gasteiger partial charge in [0.15, 0.2) is 0 Å². The number of nitrogens with zero attached hydrogens (tertiary/aromatic N) is 1. The highest BCUT2D eigenvalue weighted by Crippen LogP contribution is 2.15. The van der Waals surface area contributed by atoms with Gasteiger partial charge in [0.1, 0.15) is 11.6 Å². The van der Waals surface area contributed by atoms with Crippen molar-refractivity contribution in [3.05, 3.63) is 29.8 Å². The number of nitrogens with one attached hydrogen (secondary N) is 1. The third kappa shape index (κ3) is 6.31. The van der Waals surface area contributed by atoms with Gasteiger partial charge in [-0.2, -0.15) is 0 Å². The second-order valence-corrected chi connectivity index (χ2v) is 4.59. The van der Waals surface area contributed by atoms with Crippen LogP contribution in [0.3, 0.4) is 0 Å². The molecule has 0 unspecified atom stereocenters. The van der Waals surface area contributed by atoms with Crippen LogP contribution in [-0.4, -0.2) is 44.0 Å². The summed E-state index contributed by atoms with van der Waals surface area (Å²) in [5, 5.41) is 2.31. The summed E-state index contributed by atoms with van der Waals surface area (Å²) in [7, 11) is 3.01. The van der Waals surface area contributed by atoms with Gasteiger partial charge >= 0.3 is 5.97 Å². The van der Waals surface area contributed by atoms with Crippen molar-refractivity contribution in [2.75, 3.05) is 32.6 Å². The van der Waals surface area contributed by atoms with Crippen LogP contribution in [0.4, 0.5) is 14.5 Å². The van der Waals surface area contributed by atoms with Crippen LogP contribution in [0.25, 0.3) is 0 Å². The molecule has 0 aromatic heterocycles. The lowest BCUT2D eigenvalue weighted by Crippen LogP contribution is -2.31. The first-order valence-electron chi connectivity index (χ1n) is 6.42. The molecule has 0 aliphatic carbocycles. The molecule has 0 fully saturated rings. The predicted octanol–water partition coefficient (Wildman–Crippen LogP) is 1.79. The van der Waals surface area contributed by atoms with Gasteiger partial charge in [-0.15, -0.1) is 0 Å². The van der Waals surface area contributed by atoms with E-state index < -0.39 is 17.5 Å². The first kappa shape index (κ1) is 17.0. The Morgan fingerprint density at radius 1 is 1.33 bits per heavy atom. The number of carbonyl (C=O) groups excluding carboxylic acids is 2. The van der Waals surface area contributed by atoms with E-state index in [2.05, 4.69) is 10.1 Å². The number of ether oxygens (including phenoxy) is 1. The van der Waals surface area contributed by atoms with E-state index in [9.17, 15) is 18.4 Å². The van der Waals surface area contributed by atoms with Crippen molar-refractivity contribution >= 4 is 17.6 Å². The fraction of sp³-hybridized carbons (Fsp3) is 0.429. The van der Waals surface area contributed by atoms with Gasteiger partial charge in [0.25, 0.3) is 0 Å². The third-order valence-corrected chi connectivity index (χ3v) is 2.76. The van der Waals surface area contributed by atoms with E-state index in [1.54, 1.807) is 11.9 Å². The van der Waals surface area contributed by atoms with Crippen molar-refractivity contribution in [1.29, 1.82) is 0 Å². The molecule has 5 nitrogen and oxygen atoms in total. The van der Waals surface area contributed by atoms with E-state index >= 15 is 0 Å². The summed E-state index contributed by atoms with van der Waals surface area (Å²) in [4.78, 5) is 24.3. The highest BCUT2D eigenvalue weighted by molar-refractivity contribution is 5.92. The quantitative estimate of drug-likeness (QED) is 0.780. The van der Waals surface area contributed by atoms with Crippen molar-refractivity contribution in [2.45, 2.75) is 12.8 Å². The Balaban J connectivity index is 2.39. The van der Waals surface area contributed by atoms with Gasteiger partial charge in [-0.3, -0.25) is 14.5 Å². The lowest BCUT2D eigenvalue weighted by atomic mass is 10.3. The minimum absolute atomic E-state index is 0.0110. The standard InChI is InChI=1S/C14H18F2N2O3/c1-18(7-3-4-14(20)21-2)9-13(19)17-12-8-10(15)5-6-11(12)16/h5-6,8H,3-4,7,9H2,1-2H3,(H,17,19). The molecule has 1 N–H and O–H groups in total. The molecule has 0 bridgehead atoms. The molecule has 21 heavy (non-hydrogen) atoms. The van der Waals surface area contributed by atoms with E-state index in [0.717, 1.165) is 18.2 Å². The summed E-state index contributed by atoms with van der Waals surface area (Å²) in [5.41, 5.74) is -0.192. The van der Waals surface area contributed by atoms with Crippen LogP contribution < -0.4 is 5.32 Å². The zero-order valence-electron chi connectivity index (χ0n) is 12.0. The zero-order valence-corrected chi connectivity index (χ0v) is 12.0. The van der Waals surface area contributed by atoms with Crippen molar-refractivity contribution in [3.63, 3.8) is 0 Å². The number of carbonyl (C=O) groups is 2. The summed E-state index contributed by atoms with van der Waals surface area (Å²) in [6, 6.07) is 2.85. The number of benzene rings is 1. The molecule has 0 aliphatic heterocycles. The second kappa shape index (κ2) is 8.31. The smallest absolute Gasteiger partial charge is 0.305 e. The largest absolute Gasteiger partial charge is 0.469 e. The van der Waals surface area contributed by atoms with Crippen LogP contribution in [0, 0.1) is 11.6 Å². The molecular formula is C14H18F2N2O3. The van der Waals surface area contributed by atoms with E-state index in [1.165, 1.54) is 7.11 Å². The molecule has 1 aromatic rings. The first-order chi connectivity index (χ1) is 9.92. The van der Waals surface area contributed by atoms with Gasteiger partial charge in [-0.05, 0) is 32.1 Å². The fourth-order valence-corrected chi connectivity index (χ4v) is 1.70. The van der Waals surface area contributed by atoms with E-state index in [0.29, 0.717) is 13.0 Å². The van der Waals surface area contributed by atoms with Gasteiger partial charge in [-0.25, -0.2) is 8.78 Å². The Hall–Kier alpha value is -2.02. The third-order valence-electron chi connectivity index (χ3n) is 2.76. The zero-order chi connectivity index (χ0) is 15.8. The summed E-state index contributed by atoms with van der Waals surface area (Å²) >= 11 is 0. The Bertz CT molecular complexity index is 509. The molecule has 1 aromatic carbocycles. The first-order valence-corrected chi connectivity index (χ1v) is 6.42. The van der Waals surface area contributed by atoms with Crippen LogP contribution >= 0.6 is 0 Å². The minimum Gasteiger partial charge on any atom is -0.469 e. The van der Waals surface area contributed by atoms with Crippen LogP contribution in [0.15, 0.2) is 18.2 Å². The van der Waals surface area contributed by atoms with Crippen LogP contribution in [0.2, 0.25) is 0 Å². The highest BCUT2D eigenvalue weighted by Gasteiger charge is 2.11. The number of likely N-dealkylation sites (N-methyl/N-ethyl adjacent to an activating group) is 1. The number of hydrogen-bond donors (Lipinski definition) is 1. The Morgan fingerprint density at radius 3 is 2.71 bits per heavy atom. The van der Waals surface area contributed by atoms with Gasteiger partial charge in [-0.1, -0.05) is 0 Å². The Labute approximate surface area is 121 Å². The monoisotopic (exact) mass is 300 g/mol. The topological polar surface area (TPSA) is 58.6 Å². The molecule has 7 heteroatoms. The van der Waals surface area contributed by atoms with Gasteiger partial charge in [0, 0.05) is 12.5 Å². The predicted molar refractivity (Wildman–Crippen MR) is 73.7 cm³/mol. The number of amides is 1. The van der Waals surface area contributed by atoms with Crippen LogP contribution in [0.5, 0.6) is 0 Å². The summed E-state index contributed by atoms with van der Waals surface area (Å²) in [6.07, 6.45) is 0.811. The maximum atomic E-state index is 13.4. The number of hydrogen-bond acceptors (Lipinski definition) is 4. The normalized spacial score (nSPS) is 10.5. The Morgan fingerprint density at radius 2 is 2.05 bits per heavy atom. The number of esters is 1. The molecule has 0 heterocycles. The SMILES string of the molecule is COC(=O)CCCN(C)CC(=O)Nc1cc(F)ccc1F. The highest BCUT2D eigenvalue weighted by atomic mass is 19.1. The van der Waals surface area contributed by atoms with E-state index in [1.807, 2.05) is 0 Å². The summed E-state index contributed by atoms with van der Waals surface area (Å²) in [6.45, 7) is 0.519. The molecule has 0 atom stereocenters. The minimum atomic E-state index is -0.696. The van der Waals surface area contributed by atoms with Crippen LogP contribution in [-0.2, 0) is 14.3 Å². The molecule has 0 aliphatic rings. The average molecular weight is 300 g/mol. The lowest BCUT2D eigenvalue weighted by molar-refractivity contribution is -0.140. The molecule has 1 amide bonds. The fourth-order valence-electron chi connectivity index (χ4n) is 1.70. The number of methoxy groups -OCH3 is 1. The van der Waals surface area contributed by atoms with Crippen molar-refractivity contribution in [1.82, 2.24) is 4.90 Å². The molecule has 1 rings (SSSR count). The molecule has 0 saturated carbocycles. The molecule has 0 radical (unpaired) electrons. The van der Waals surface area contributed by atoms with Crippen molar-refractivity contribution < 1.29 is 23.1 Å². The second-order valence-electron chi connectivity index (χ2n) is 4.59. The van der Waals surface area contributed by atoms with Gasteiger partial charge in [0.05, 0.1) is 19.3 Å². The molecule has 0 saturated heterocycles. The van der Waals surface area contributed by atoms with E-state index in [4.69, 9.17) is 0 Å². The van der Waals surface area contributed by atoms with Gasteiger partial charge < -0.3 is 10.1 Å². The van der Waals surface area contributed by atoms with Crippen molar-refractivity contribution in [3.8, 4) is 0 Å². The number of halogens is 2. The van der Waals surface area contributed by atoms with Crippen molar-refractivity contribution in [2.24, 2.45) is 0 Å². The molecular weight excluding hydrogens is 282 g/mol. The lowest BCUT2D eigenvalue weighted by Gasteiger charge is -2.16. The number of anilines is 1. The maximum Gasteiger partial charge on any atom is 0.305 e. The summed E-state index contributed by atoms with van der Waals surface area (Å²) in [5.74, 6) is -2.09. The molecule has 0 spiro atoms. The van der Waals surface area contributed by atoms with Crippen LogP contribution in [0.1, 0.15) is 12.8 Å². The summed E-state index contributed by atoms with van der Waals surface area (Å²) < 4.78 is 30.8. The molecule has 116 valence electrons. The maximum absolute atomic E-state index is 13.4. The average Bonchev–Trinajstić information content (AvgIpc) is 2.42. The van der Waals surface area contributed by atoms with E-state index in [-0.39, 0.29) is 24.6 Å².